The van der Waals surface area contributed by atoms with Gasteiger partial charge < -0.3 is 37.6 Å². The van der Waals surface area contributed by atoms with Crippen LogP contribution < -0.4 is 27.4 Å². The zero-order valence-corrected chi connectivity index (χ0v) is 20.0. The van der Waals surface area contributed by atoms with Gasteiger partial charge in [0.05, 0.1) is 12.5 Å². The molecule has 0 fully saturated rings. The summed E-state index contributed by atoms with van der Waals surface area (Å²) in [6.45, 7) is 6.80. The monoisotopic (exact) mass is 487 g/mol. The van der Waals surface area contributed by atoms with Gasteiger partial charge in [-0.3, -0.25) is 24.0 Å². The molecule has 0 radical (unpaired) electrons. The van der Waals surface area contributed by atoms with Gasteiger partial charge in [0.1, 0.15) is 18.1 Å². The first-order chi connectivity index (χ1) is 15.7. The Hall–Kier alpha value is -3.22. The lowest BCUT2D eigenvalue weighted by atomic mass is 9.96. The van der Waals surface area contributed by atoms with Crippen molar-refractivity contribution in [2.45, 2.75) is 84.0 Å². The molecule has 0 aliphatic rings. The zero-order valence-electron chi connectivity index (χ0n) is 20.0. The maximum atomic E-state index is 13.0. The molecule has 0 aromatic rings. The molecule has 194 valence electrons. The molecule has 0 spiro atoms. The van der Waals surface area contributed by atoms with E-state index in [0.717, 1.165) is 0 Å². The predicted octanol–water partition coefficient (Wildman–Crippen LogP) is -1.31. The van der Waals surface area contributed by atoms with Crippen LogP contribution in [0.5, 0.6) is 0 Å². The molecule has 0 saturated carbocycles. The molecule has 0 aliphatic heterocycles. The summed E-state index contributed by atoms with van der Waals surface area (Å²) in [7, 11) is 0. The number of hydrogen-bond acceptors (Lipinski definition) is 7. The Labute approximate surface area is 198 Å². The third-order valence-corrected chi connectivity index (χ3v) is 5.61. The lowest BCUT2D eigenvalue weighted by Gasteiger charge is -2.28. The average molecular weight is 488 g/mol. The number of carboxylic acids is 2. The predicted molar refractivity (Wildman–Crippen MR) is 121 cm³/mol. The van der Waals surface area contributed by atoms with Gasteiger partial charge in [0, 0.05) is 6.42 Å². The number of carboxylic acid groups (broad SMARTS) is 2. The highest BCUT2D eigenvalue weighted by atomic mass is 16.4. The Morgan fingerprint density at radius 2 is 1.29 bits per heavy atom. The summed E-state index contributed by atoms with van der Waals surface area (Å²) < 4.78 is 0. The van der Waals surface area contributed by atoms with Crippen LogP contribution in [0.3, 0.4) is 0 Å². The van der Waals surface area contributed by atoms with Crippen molar-refractivity contribution in [3.05, 3.63) is 0 Å². The molecular weight excluding hydrogens is 450 g/mol. The highest BCUT2D eigenvalue weighted by Crippen LogP contribution is 2.11. The van der Waals surface area contributed by atoms with E-state index >= 15 is 0 Å². The van der Waals surface area contributed by atoms with E-state index < -0.39 is 78.0 Å². The van der Waals surface area contributed by atoms with Crippen LogP contribution in [0, 0.1) is 11.8 Å². The van der Waals surface area contributed by atoms with Gasteiger partial charge in [-0.05, 0) is 18.3 Å². The number of aliphatic carboxylic acids is 2. The normalized spacial score (nSPS) is 16.1. The first-order valence-corrected chi connectivity index (χ1v) is 11.1. The van der Waals surface area contributed by atoms with Crippen molar-refractivity contribution >= 4 is 35.6 Å². The standard InChI is InChI=1S/C21H37N5O8/c1-5-10(3)16(25-18(30)12(22)7-8-15(28)29)20(32)24-13(9-14(23)27)19(31)26-17(21(33)34)11(4)6-2/h10-13,16-17H,5-9,22H2,1-4H3,(H2,23,27)(H,24,32)(H,25,30)(H,26,31)(H,28,29)(H,33,34). The van der Waals surface area contributed by atoms with E-state index in [1.807, 2.05) is 0 Å². The number of carbonyl (C=O) groups is 6. The summed E-state index contributed by atoms with van der Waals surface area (Å²) in [5.74, 6) is -6.61. The summed E-state index contributed by atoms with van der Waals surface area (Å²) in [5.41, 5.74) is 10.9. The topological polar surface area (TPSA) is 231 Å². The Morgan fingerprint density at radius 1 is 0.794 bits per heavy atom. The minimum absolute atomic E-state index is 0.144. The van der Waals surface area contributed by atoms with Gasteiger partial charge in [-0.25, -0.2) is 4.79 Å². The smallest absolute Gasteiger partial charge is 0.326 e. The largest absolute Gasteiger partial charge is 0.481 e. The van der Waals surface area contributed by atoms with Crippen LogP contribution in [0.4, 0.5) is 0 Å². The Bertz CT molecular complexity index is 759. The Kier molecular flexibility index (Phi) is 13.4. The fourth-order valence-electron chi connectivity index (χ4n) is 2.98. The summed E-state index contributed by atoms with van der Waals surface area (Å²) in [6, 6.07) is -5.05. The van der Waals surface area contributed by atoms with Gasteiger partial charge in [-0.2, -0.15) is 0 Å². The highest BCUT2D eigenvalue weighted by molar-refractivity contribution is 5.96. The lowest BCUT2D eigenvalue weighted by Crippen LogP contribution is -2.59. The minimum Gasteiger partial charge on any atom is -0.481 e. The maximum absolute atomic E-state index is 13.0. The van der Waals surface area contributed by atoms with Crippen molar-refractivity contribution in [2.24, 2.45) is 23.3 Å². The Balaban J connectivity index is 5.59. The summed E-state index contributed by atoms with van der Waals surface area (Å²) in [5, 5.41) is 25.3. The van der Waals surface area contributed by atoms with Crippen molar-refractivity contribution in [3.8, 4) is 0 Å². The number of amides is 4. The molecule has 0 heterocycles. The molecule has 0 rings (SSSR count). The van der Waals surface area contributed by atoms with Gasteiger partial charge in [0.25, 0.3) is 0 Å². The Morgan fingerprint density at radius 3 is 1.74 bits per heavy atom. The molecule has 0 aliphatic carbocycles. The number of rotatable bonds is 16. The van der Waals surface area contributed by atoms with Crippen LogP contribution in [0.15, 0.2) is 0 Å². The fraction of sp³-hybridized carbons (Fsp3) is 0.714. The van der Waals surface area contributed by atoms with Crippen molar-refractivity contribution in [1.29, 1.82) is 0 Å². The van der Waals surface area contributed by atoms with E-state index in [2.05, 4.69) is 16.0 Å². The van der Waals surface area contributed by atoms with Crippen LogP contribution in [0.2, 0.25) is 0 Å². The molecule has 0 bridgehead atoms. The van der Waals surface area contributed by atoms with E-state index in [1.54, 1.807) is 27.7 Å². The lowest BCUT2D eigenvalue weighted by molar-refractivity contribution is -0.144. The van der Waals surface area contributed by atoms with E-state index in [-0.39, 0.29) is 12.8 Å². The second-order valence-electron chi connectivity index (χ2n) is 8.35. The van der Waals surface area contributed by atoms with Gasteiger partial charge in [-0.15, -0.1) is 0 Å². The quantitative estimate of drug-likeness (QED) is 0.137. The molecule has 6 unspecified atom stereocenters. The molecule has 4 amide bonds. The van der Waals surface area contributed by atoms with Crippen LogP contribution >= 0.6 is 0 Å². The number of carbonyl (C=O) groups excluding carboxylic acids is 4. The summed E-state index contributed by atoms with van der Waals surface area (Å²) in [4.78, 5) is 71.8. The number of hydrogen-bond donors (Lipinski definition) is 7. The molecular formula is C21H37N5O8. The van der Waals surface area contributed by atoms with Crippen LogP contribution in [-0.2, 0) is 28.8 Å². The van der Waals surface area contributed by atoms with Crippen molar-refractivity contribution in [2.75, 3.05) is 0 Å². The van der Waals surface area contributed by atoms with Crippen LogP contribution in [0.25, 0.3) is 0 Å². The van der Waals surface area contributed by atoms with Crippen molar-refractivity contribution in [3.63, 3.8) is 0 Å². The van der Waals surface area contributed by atoms with E-state index in [0.29, 0.717) is 12.8 Å². The van der Waals surface area contributed by atoms with Gasteiger partial charge in [0.2, 0.25) is 23.6 Å². The molecule has 0 aromatic heterocycles. The second kappa shape index (κ2) is 14.8. The second-order valence-corrected chi connectivity index (χ2v) is 8.35. The molecule has 9 N–H and O–H groups in total. The first kappa shape index (κ1) is 30.8. The van der Waals surface area contributed by atoms with Crippen molar-refractivity contribution < 1.29 is 39.0 Å². The van der Waals surface area contributed by atoms with Crippen molar-refractivity contribution in [1.82, 2.24) is 16.0 Å². The third kappa shape index (κ3) is 10.6. The molecule has 0 saturated heterocycles. The number of nitrogens with two attached hydrogens (primary N) is 2. The van der Waals surface area contributed by atoms with Gasteiger partial charge in [0.15, 0.2) is 0 Å². The molecule has 0 aromatic carbocycles. The van der Waals surface area contributed by atoms with Crippen LogP contribution in [0.1, 0.15) is 59.8 Å². The number of primary amides is 1. The van der Waals surface area contributed by atoms with E-state index in [1.165, 1.54) is 0 Å². The van der Waals surface area contributed by atoms with Gasteiger partial charge in [-0.1, -0.05) is 40.5 Å². The molecule has 13 heteroatoms. The van der Waals surface area contributed by atoms with E-state index in [9.17, 15) is 33.9 Å². The molecule has 13 nitrogen and oxygen atoms in total. The summed E-state index contributed by atoms with van der Waals surface area (Å²) >= 11 is 0. The zero-order chi connectivity index (χ0) is 26.6. The highest BCUT2D eigenvalue weighted by Gasteiger charge is 2.34. The average Bonchev–Trinajstić information content (AvgIpc) is 2.76. The fourth-order valence-corrected chi connectivity index (χ4v) is 2.98. The van der Waals surface area contributed by atoms with Crippen LogP contribution in [-0.4, -0.2) is 69.9 Å². The number of nitrogens with one attached hydrogen (secondary N) is 3. The third-order valence-electron chi connectivity index (χ3n) is 5.61. The molecule has 34 heavy (non-hydrogen) atoms. The van der Waals surface area contributed by atoms with Gasteiger partial charge >= 0.3 is 11.9 Å². The van der Waals surface area contributed by atoms with E-state index in [4.69, 9.17) is 16.6 Å². The summed E-state index contributed by atoms with van der Waals surface area (Å²) in [6.07, 6.45) is -0.173. The molecule has 6 atom stereocenters. The maximum Gasteiger partial charge on any atom is 0.326 e. The minimum atomic E-state index is -1.47. The SMILES string of the molecule is CCC(C)C(NC(=O)C(CC(N)=O)NC(=O)C(NC(=O)C(N)CCC(=O)O)C(C)CC)C(=O)O. The first-order valence-electron chi connectivity index (χ1n) is 11.1.